The van der Waals surface area contributed by atoms with E-state index in [0.29, 0.717) is 23.4 Å². The first-order valence-corrected chi connectivity index (χ1v) is 9.15. The summed E-state index contributed by atoms with van der Waals surface area (Å²) in [6, 6.07) is 4.18. The van der Waals surface area contributed by atoms with Crippen molar-refractivity contribution in [2.45, 2.75) is 32.7 Å². The van der Waals surface area contributed by atoms with E-state index in [9.17, 15) is 9.59 Å². The van der Waals surface area contributed by atoms with Crippen LogP contribution >= 0.6 is 11.3 Å². The topological polar surface area (TPSA) is 52.7 Å². The maximum Gasteiger partial charge on any atom is 0.264 e. The van der Waals surface area contributed by atoms with E-state index in [1.54, 1.807) is 13.1 Å². The van der Waals surface area contributed by atoms with E-state index in [4.69, 9.17) is 0 Å². The molecule has 1 aliphatic heterocycles. The zero-order valence-corrected chi connectivity index (χ0v) is 15.1. The summed E-state index contributed by atoms with van der Waals surface area (Å²) in [7, 11) is 1.67. The van der Waals surface area contributed by atoms with Crippen LogP contribution in [0.2, 0.25) is 0 Å². The molecule has 0 spiro atoms. The standard InChI is InChI=1S/C17H27N3O2S/c1-13(2)20-8-4-6-14(11-20)10-18-16(21)12-19(3)17(22)15-7-5-9-23-15/h5,7,9,13-14H,4,6,8,10-12H2,1-3H3,(H,18,21)/t14-/m1/s1. The number of hydrogen-bond acceptors (Lipinski definition) is 4. The molecule has 0 bridgehead atoms. The normalized spacial score (nSPS) is 18.9. The molecule has 2 amide bonds. The third kappa shape index (κ3) is 5.32. The van der Waals surface area contributed by atoms with Gasteiger partial charge in [-0.05, 0) is 50.6 Å². The van der Waals surface area contributed by atoms with Crippen molar-refractivity contribution in [2.75, 3.05) is 33.2 Å². The summed E-state index contributed by atoms with van der Waals surface area (Å²) in [4.78, 5) is 28.8. The van der Waals surface area contributed by atoms with E-state index in [-0.39, 0.29) is 18.4 Å². The van der Waals surface area contributed by atoms with Crippen molar-refractivity contribution in [3.8, 4) is 0 Å². The predicted octanol–water partition coefficient (Wildman–Crippen LogP) is 2.06. The number of piperidine rings is 1. The first-order valence-electron chi connectivity index (χ1n) is 8.27. The van der Waals surface area contributed by atoms with Gasteiger partial charge < -0.3 is 15.1 Å². The van der Waals surface area contributed by atoms with E-state index >= 15 is 0 Å². The molecule has 0 saturated carbocycles. The Morgan fingerprint density at radius 1 is 1.48 bits per heavy atom. The first-order chi connectivity index (χ1) is 11.0. The van der Waals surface area contributed by atoms with Crippen LogP contribution in [-0.2, 0) is 4.79 Å². The molecular weight excluding hydrogens is 310 g/mol. The Bertz CT molecular complexity index is 516. The molecule has 0 radical (unpaired) electrons. The maximum absolute atomic E-state index is 12.1. The summed E-state index contributed by atoms with van der Waals surface area (Å²) in [5, 5.41) is 4.85. The Labute approximate surface area is 142 Å². The second kappa shape index (κ2) is 8.45. The van der Waals surface area contributed by atoms with Gasteiger partial charge in [-0.3, -0.25) is 9.59 Å². The van der Waals surface area contributed by atoms with Crippen molar-refractivity contribution >= 4 is 23.2 Å². The molecule has 1 saturated heterocycles. The van der Waals surface area contributed by atoms with Crippen molar-refractivity contribution in [2.24, 2.45) is 5.92 Å². The monoisotopic (exact) mass is 337 g/mol. The molecule has 128 valence electrons. The van der Waals surface area contributed by atoms with Crippen LogP contribution < -0.4 is 5.32 Å². The fraction of sp³-hybridized carbons (Fsp3) is 0.647. The Balaban J connectivity index is 1.73. The minimum atomic E-state index is -0.0983. The highest BCUT2D eigenvalue weighted by molar-refractivity contribution is 7.12. The number of nitrogens with one attached hydrogen (secondary N) is 1. The quantitative estimate of drug-likeness (QED) is 0.864. The highest BCUT2D eigenvalue weighted by Crippen LogP contribution is 2.17. The molecule has 1 N–H and O–H groups in total. The number of thiophene rings is 1. The molecule has 1 atom stereocenters. The van der Waals surface area contributed by atoms with Crippen molar-refractivity contribution in [3.05, 3.63) is 22.4 Å². The lowest BCUT2D eigenvalue weighted by Gasteiger charge is -2.35. The number of likely N-dealkylation sites (N-methyl/N-ethyl adjacent to an activating group) is 1. The number of nitrogens with zero attached hydrogens (tertiary/aromatic N) is 2. The summed E-state index contributed by atoms with van der Waals surface area (Å²) in [5.74, 6) is 0.325. The summed E-state index contributed by atoms with van der Waals surface area (Å²) in [6.07, 6.45) is 2.35. The van der Waals surface area contributed by atoms with Crippen LogP contribution in [0.3, 0.4) is 0 Å². The summed E-state index contributed by atoms with van der Waals surface area (Å²) in [6.45, 7) is 7.43. The molecule has 0 aromatic carbocycles. The smallest absolute Gasteiger partial charge is 0.264 e. The van der Waals surface area contributed by atoms with Crippen LogP contribution in [-0.4, -0.2) is 60.9 Å². The van der Waals surface area contributed by atoms with E-state index in [1.807, 2.05) is 11.4 Å². The zero-order valence-electron chi connectivity index (χ0n) is 14.2. The molecule has 2 rings (SSSR count). The van der Waals surface area contributed by atoms with Crippen LogP contribution in [0.1, 0.15) is 36.4 Å². The minimum Gasteiger partial charge on any atom is -0.354 e. The lowest BCUT2D eigenvalue weighted by Crippen LogP contribution is -2.45. The molecule has 6 heteroatoms. The molecule has 0 unspecified atom stereocenters. The second-order valence-corrected chi connectivity index (χ2v) is 7.49. The van der Waals surface area contributed by atoms with Gasteiger partial charge in [0.1, 0.15) is 0 Å². The number of likely N-dealkylation sites (tertiary alicyclic amines) is 1. The third-order valence-electron chi connectivity index (χ3n) is 4.33. The fourth-order valence-corrected chi connectivity index (χ4v) is 3.64. The first kappa shape index (κ1) is 17.9. The lowest BCUT2D eigenvalue weighted by molar-refractivity contribution is -0.121. The van der Waals surface area contributed by atoms with E-state index in [1.165, 1.54) is 22.7 Å². The number of amides is 2. The molecule has 1 aliphatic rings. The Morgan fingerprint density at radius 3 is 2.91 bits per heavy atom. The number of carbonyl (C=O) groups is 2. The maximum atomic E-state index is 12.1. The zero-order chi connectivity index (χ0) is 16.8. The van der Waals surface area contributed by atoms with Crippen LogP contribution in [0.5, 0.6) is 0 Å². The molecule has 1 aromatic heterocycles. The fourth-order valence-electron chi connectivity index (χ4n) is 2.92. The molecule has 1 aromatic rings. The SMILES string of the molecule is CC(C)N1CCC[C@H](CNC(=O)CN(C)C(=O)c2cccs2)C1. The van der Waals surface area contributed by atoms with Gasteiger partial charge in [0.05, 0.1) is 11.4 Å². The summed E-state index contributed by atoms with van der Waals surface area (Å²) in [5.41, 5.74) is 0. The molecule has 5 nitrogen and oxygen atoms in total. The third-order valence-corrected chi connectivity index (χ3v) is 5.19. The van der Waals surface area contributed by atoms with Gasteiger partial charge in [0.15, 0.2) is 0 Å². The van der Waals surface area contributed by atoms with Gasteiger partial charge in [-0.1, -0.05) is 6.07 Å². The van der Waals surface area contributed by atoms with Gasteiger partial charge in [0.25, 0.3) is 5.91 Å². The minimum absolute atomic E-state index is 0.0842. The van der Waals surface area contributed by atoms with E-state index < -0.39 is 0 Å². The number of hydrogen-bond donors (Lipinski definition) is 1. The Kier molecular flexibility index (Phi) is 6.59. The molecule has 1 fully saturated rings. The van der Waals surface area contributed by atoms with Crippen LogP contribution in [0.4, 0.5) is 0 Å². The van der Waals surface area contributed by atoms with Gasteiger partial charge in [0.2, 0.25) is 5.91 Å². The average Bonchev–Trinajstić information content (AvgIpc) is 3.06. The average molecular weight is 337 g/mol. The highest BCUT2D eigenvalue weighted by Gasteiger charge is 2.22. The van der Waals surface area contributed by atoms with Gasteiger partial charge in [-0.2, -0.15) is 0 Å². The predicted molar refractivity (Wildman–Crippen MR) is 93.7 cm³/mol. The Hall–Kier alpha value is -1.40. The van der Waals surface area contributed by atoms with Crippen LogP contribution in [0, 0.1) is 5.92 Å². The van der Waals surface area contributed by atoms with Gasteiger partial charge in [-0.25, -0.2) is 0 Å². The van der Waals surface area contributed by atoms with E-state index in [0.717, 1.165) is 19.5 Å². The second-order valence-electron chi connectivity index (χ2n) is 6.54. The highest BCUT2D eigenvalue weighted by atomic mass is 32.1. The summed E-state index contributed by atoms with van der Waals surface area (Å²) >= 11 is 1.40. The van der Waals surface area contributed by atoms with Gasteiger partial charge in [-0.15, -0.1) is 11.3 Å². The Morgan fingerprint density at radius 2 is 2.26 bits per heavy atom. The van der Waals surface area contributed by atoms with E-state index in [2.05, 4.69) is 24.1 Å². The number of carbonyl (C=O) groups excluding carboxylic acids is 2. The van der Waals surface area contributed by atoms with Crippen LogP contribution in [0.25, 0.3) is 0 Å². The molecule has 2 heterocycles. The van der Waals surface area contributed by atoms with Crippen molar-refractivity contribution < 1.29 is 9.59 Å². The summed E-state index contributed by atoms with van der Waals surface area (Å²) < 4.78 is 0. The van der Waals surface area contributed by atoms with Crippen molar-refractivity contribution in [1.82, 2.24) is 15.1 Å². The lowest BCUT2D eigenvalue weighted by atomic mass is 9.97. The van der Waals surface area contributed by atoms with Crippen molar-refractivity contribution in [1.29, 1.82) is 0 Å². The largest absolute Gasteiger partial charge is 0.354 e. The van der Waals surface area contributed by atoms with Crippen molar-refractivity contribution in [3.63, 3.8) is 0 Å². The molecule has 0 aliphatic carbocycles. The van der Waals surface area contributed by atoms with Gasteiger partial charge in [0, 0.05) is 26.2 Å². The van der Waals surface area contributed by atoms with Gasteiger partial charge >= 0.3 is 0 Å². The molecule has 23 heavy (non-hydrogen) atoms. The van der Waals surface area contributed by atoms with Crippen LogP contribution in [0.15, 0.2) is 17.5 Å². The number of rotatable bonds is 6. The molecular formula is C17H27N3O2S.